The molecule has 0 heterocycles. The Balaban J connectivity index is -0.0000000171. The van der Waals surface area contributed by atoms with E-state index in [9.17, 15) is 0 Å². The molecule has 0 amide bonds. The van der Waals surface area contributed by atoms with Gasteiger partial charge in [-0.05, 0) is 0 Å². The van der Waals surface area contributed by atoms with Crippen molar-refractivity contribution in [3.8, 4) is 0 Å². The Bertz CT molecular complexity index is 70.1. The molecule has 0 aromatic rings. The molecule has 0 unspecified atom stereocenters. The van der Waals surface area contributed by atoms with Crippen molar-refractivity contribution in [2.45, 2.75) is 0 Å². The summed E-state index contributed by atoms with van der Waals surface area (Å²) in [5, 5.41) is 30.6. The Morgan fingerprint density at radius 1 is 0.909 bits per heavy atom. The number of carbonyl (C=O) groups is 2. The first kappa shape index (κ1) is 32.2. The summed E-state index contributed by atoms with van der Waals surface area (Å²) >= 11 is 0. The molecule has 66 valence electrons. The molecule has 0 atom stereocenters. The van der Waals surface area contributed by atoms with E-state index in [1.807, 2.05) is 0 Å². The monoisotopic (exact) mass is 222 g/mol. The normalized spacial score (nSPS) is 4.36. The smallest absolute Gasteiger partial charge is 0.249 e. The van der Waals surface area contributed by atoms with Crippen LogP contribution in [0.2, 0.25) is 0 Å². The van der Waals surface area contributed by atoms with E-state index in [1.165, 1.54) is 0 Å². The number of hydrogen-bond acceptors (Lipinski definition) is 4. The van der Waals surface area contributed by atoms with Crippen molar-refractivity contribution < 1.29 is 60.4 Å². The minimum absolute atomic E-state index is 0. The first-order valence-corrected chi connectivity index (χ1v) is 1.26. The molecule has 0 radical (unpaired) electrons. The molecule has 0 aromatic carbocycles. The molecule has 0 fully saturated rings. The summed E-state index contributed by atoms with van der Waals surface area (Å²) in [5.74, 6) is 0. The second-order valence-electron chi connectivity index (χ2n) is 0.532. The van der Waals surface area contributed by atoms with Crippen molar-refractivity contribution in [1.82, 2.24) is 0 Å². The molecule has 0 saturated heterocycles. The van der Waals surface area contributed by atoms with Crippen molar-refractivity contribution in [2.24, 2.45) is 0 Å². The first-order valence-electron chi connectivity index (χ1n) is 1.26. The van der Waals surface area contributed by atoms with E-state index in [0.717, 1.165) is 0 Å². The minimum atomic E-state index is -2.08. The molecule has 0 bridgehead atoms. The van der Waals surface area contributed by atoms with Crippen LogP contribution in [0.5, 0.6) is 0 Å². The second-order valence-corrected chi connectivity index (χ2v) is 0.532. The van der Waals surface area contributed by atoms with E-state index in [2.05, 4.69) is 0 Å². The molecule has 0 rings (SSSR count). The molecule has 0 aliphatic rings. The van der Waals surface area contributed by atoms with Gasteiger partial charge in [0.25, 0.3) is 0 Å². The summed E-state index contributed by atoms with van der Waals surface area (Å²) in [5.41, 5.74) is 0. The summed E-state index contributed by atoms with van der Waals surface area (Å²) in [6.07, 6.45) is -4.17. The molecular formula is C2H6O8Zn-2. The van der Waals surface area contributed by atoms with Gasteiger partial charge in [0, 0.05) is 19.5 Å². The van der Waals surface area contributed by atoms with E-state index in [4.69, 9.17) is 30.0 Å². The van der Waals surface area contributed by atoms with E-state index in [0.29, 0.717) is 0 Å². The predicted octanol–water partition coefficient (Wildman–Crippen LogP) is -3.88. The van der Waals surface area contributed by atoms with Gasteiger partial charge in [-0.3, -0.25) is 0 Å². The molecule has 0 aromatic heterocycles. The van der Waals surface area contributed by atoms with Gasteiger partial charge in [-0.25, -0.2) is 0 Å². The molecule has 8 nitrogen and oxygen atoms in total. The first-order chi connectivity index (χ1) is 3.46. The van der Waals surface area contributed by atoms with Crippen LogP contribution in [-0.2, 0) is 19.5 Å². The van der Waals surface area contributed by atoms with Crippen molar-refractivity contribution in [3.05, 3.63) is 0 Å². The van der Waals surface area contributed by atoms with Crippen molar-refractivity contribution in [3.63, 3.8) is 0 Å². The Morgan fingerprint density at radius 2 is 0.909 bits per heavy atom. The van der Waals surface area contributed by atoms with Crippen LogP contribution >= 0.6 is 0 Å². The fourth-order valence-electron chi connectivity index (χ4n) is 0. The third-order valence-corrected chi connectivity index (χ3v) is 0. The zero-order valence-corrected chi connectivity index (χ0v) is 8.20. The number of carboxylic acid groups (broad SMARTS) is 4. The maximum atomic E-state index is 8.44. The second kappa shape index (κ2) is 23.0. The van der Waals surface area contributed by atoms with Crippen molar-refractivity contribution >= 4 is 12.3 Å². The minimum Gasteiger partial charge on any atom is -0.565 e. The molecule has 0 aliphatic carbocycles. The Morgan fingerprint density at radius 3 is 0.909 bits per heavy atom. The van der Waals surface area contributed by atoms with Crippen LogP contribution in [0.15, 0.2) is 0 Å². The van der Waals surface area contributed by atoms with Crippen LogP contribution in [0.25, 0.3) is 0 Å². The SMILES string of the molecule is O.O.O=C([O-])O.O=C([O-])O.[Zn]. The average Bonchev–Trinajstić information content (AvgIpc) is 1.25. The summed E-state index contributed by atoms with van der Waals surface area (Å²) in [7, 11) is 0. The zero-order chi connectivity index (χ0) is 7.15. The third kappa shape index (κ3) is 542. The van der Waals surface area contributed by atoms with Gasteiger partial charge in [0.2, 0.25) is 12.3 Å². The van der Waals surface area contributed by atoms with Crippen molar-refractivity contribution in [2.75, 3.05) is 0 Å². The van der Waals surface area contributed by atoms with Gasteiger partial charge in [-0.2, -0.15) is 0 Å². The molecular weight excluding hydrogens is 217 g/mol. The maximum absolute atomic E-state index is 8.44. The van der Waals surface area contributed by atoms with Crippen molar-refractivity contribution in [1.29, 1.82) is 0 Å². The molecule has 9 heteroatoms. The van der Waals surface area contributed by atoms with Gasteiger partial charge < -0.3 is 41.0 Å². The maximum Gasteiger partial charge on any atom is 0.249 e. The van der Waals surface area contributed by atoms with Gasteiger partial charge in [0.1, 0.15) is 0 Å². The summed E-state index contributed by atoms with van der Waals surface area (Å²) in [6.45, 7) is 0. The van der Waals surface area contributed by atoms with Crippen LogP contribution in [0, 0.1) is 0 Å². The third-order valence-electron chi connectivity index (χ3n) is 0. The van der Waals surface area contributed by atoms with Crippen LogP contribution < -0.4 is 10.2 Å². The Labute approximate surface area is 73.5 Å². The molecule has 11 heavy (non-hydrogen) atoms. The standard InChI is InChI=1S/2CH2O3.2H2O.Zn/c2*2-1(3)4;;;/h2*(H2,2,3,4);2*1H2;/p-2. The molecule has 0 aliphatic heterocycles. The fourth-order valence-corrected chi connectivity index (χ4v) is 0. The van der Waals surface area contributed by atoms with E-state index in [1.54, 1.807) is 0 Å². The van der Waals surface area contributed by atoms with Crippen LogP contribution in [0.1, 0.15) is 0 Å². The number of rotatable bonds is 0. The number of hydrogen-bond donors (Lipinski definition) is 2. The fraction of sp³-hybridized carbons (Fsp3) is 0. The van der Waals surface area contributed by atoms with Crippen LogP contribution in [0.4, 0.5) is 9.59 Å². The topological polar surface area (TPSA) is 184 Å². The summed E-state index contributed by atoms with van der Waals surface area (Å²) in [6, 6.07) is 0. The Hall–Kier alpha value is -0.917. The van der Waals surface area contributed by atoms with Gasteiger partial charge >= 0.3 is 0 Å². The summed E-state index contributed by atoms with van der Waals surface area (Å²) in [4.78, 5) is 16.9. The van der Waals surface area contributed by atoms with Gasteiger partial charge in [-0.15, -0.1) is 0 Å². The van der Waals surface area contributed by atoms with Gasteiger partial charge in [0.05, 0.1) is 0 Å². The van der Waals surface area contributed by atoms with Gasteiger partial charge in [-0.1, -0.05) is 0 Å². The van der Waals surface area contributed by atoms with Gasteiger partial charge in [0.15, 0.2) is 0 Å². The average molecular weight is 223 g/mol. The zero-order valence-electron chi connectivity index (χ0n) is 5.23. The molecule has 0 saturated carbocycles. The molecule has 0 spiro atoms. The Kier molecular flexibility index (Phi) is 67.2. The van der Waals surface area contributed by atoms with E-state index in [-0.39, 0.29) is 30.4 Å². The van der Waals surface area contributed by atoms with E-state index < -0.39 is 12.3 Å². The summed E-state index contributed by atoms with van der Waals surface area (Å²) < 4.78 is 0. The molecule has 6 N–H and O–H groups in total. The predicted molar refractivity (Wildman–Crippen MR) is 23.3 cm³/mol. The largest absolute Gasteiger partial charge is 0.565 e. The van der Waals surface area contributed by atoms with E-state index >= 15 is 0 Å². The van der Waals surface area contributed by atoms with Crippen LogP contribution in [0.3, 0.4) is 0 Å². The quantitative estimate of drug-likeness (QED) is 0.395. The van der Waals surface area contributed by atoms with Crippen LogP contribution in [-0.4, -0.2) is 33.5 Å².